The smallest absolute Gasteiger partial charge is 0.271 e. The number of carbonyl (C=O) groups excluding carboxylic acids is 2. The number of carbonyl (C=O) groups is 2. The van der Waals surface area contributed by atoms with Gasteiger partial charge in [-0.2, -0.15) is 0 Å². The Labute approximate surface area is 144 Å². The van der Waals surface area contributed by atoms with Crippen LogP contribution in [0.15, 0.2) is 48.5 Å². The first-order chi connectivity index (χ1) is 12.0. The molecule has 128 valence electrons. The number of para-hydroxylation sites is 1. The van der Waals surface area contributed by atoms with Crippen molar-refractivity contribution < 1.29 is 14.5 Å². The Morgan fingerprint density at radius 2 is 2.04 bits per heavy atom. The highest BCUT2D eigenvalue weighted by Gasteiger charge is 2.26. The first-order valence-electron chi connectivity index (χ1n) is 7.96. The normalized spacial score (nSPS) is 15.8. The molecule has 2 amide bonds. The number of rotatable bonds is 5. The van der Waals surface area contributed by atoms with Gasteiger partial charge in [-0.25, -0.2) is 0 Å². The molecule has 2 aromatic rings. The van der Waals surface area contributed by atoms with Crippen molar-refractivity contribution in [2.75, 3.05) is 10.6 Å². The van der Waals surface area contributed by atoms with Gasteiger partial charge in [-0.05, 0) is 30.5 Å². The molecule has 0 spiro atoms. The summed E-state index contributed by atoms with van der Waals surface area (Å²) in [5, 5.41) is 16.2. The van der Waals surface area contributed by atoms with Crippen LogP contribution in [0.5, 0.6) is 0 Å². The molecule has 3 rings (SSSR count). The van der Waals surface area contributed by atoms with Crippen LogP contribution in [0.2, 0.25) is 0 Å². The van der Waals surface area contributed by atoms with Gasteiger partial charge < -0.3 is 10.6 Å². The predicted molar refractivity (Wildman–Crippen MR) is 93.2 cm³/mol. The van der Waals surface area contributed by atoms with Crippen molar-refractivity contribution in [3.63, 3.8) is 0 Å². The van der Waals surface area contributed by atoms with Gasteiger partial charge in [-0.3, -0.25) is 19.7 Å². The van der Waals surface area contributed by atoms with Crippen molar-refractivity contribution >= 4 is 28.9 Å². The van der Waals surface area contributed by atoms with Gasteiger partial charge >= 0.3 is 0 Å². The number of amides is 2. The summed E-state index contributed by atoms with van der Waals surface area (Å²) in [6.45, 7) is 0. The van der Waals surface area contributed by atoms with E-state index < -0.39 is 4.92 Å². The second-order valence-electron chi connectivity index (χ2n) is 5.94. The van der Waals surface area contributed by atoms with Crippen molar-refractivity contribution in [3.8, 4) is 0 Å². The fraction of sp³-hybridized carbons (Fsp3) is 0.222. The fourth-order valence-corrected chi connectivity index (χ4v) is 2.87. The summed E-state index contributed by atoms with van der Waals surface area (Å²) in [6.07, 6.45) is 1.19. The van der Waals surface area contributed by atoms with E-state index in [2.05, 4.69) is 10.6 Å². The molecule has 2 aromatic carbocycles. The molecule has 1 unspecified atom stereocenters. The molecule has 0 radical (unpaired) electrons. The third-order valence-corrected chi connectivity index (χ3v) is 4.17. The molecule has 0 fully saturated rings. The number of nitrogens with zero attached hydrogens (tertiary/aromatic N) is 1. The maximum Gasteiger partial charge on any atom is 0.271 e. The lowest BCUT2D eigenvalue weighted by Gasteiger charge is -2.24. The van der Waals surface area contributed by atoms with Gasteiger partial charge in [0, 0.05) is 35.8 Å². The van der Waals surface area contributed by atoms with Crippen molar-refractivity contribution in [3.05, 3.63) is 64.2 Å². The van der Waals surface area contributed by atoms with Crippen molar-refractivity contribution in [1.29, 1.82) is 0 Å². The van der Waals surface area contributed by atoms with Crippen molar-refractivity contribution in [2.45, 2.75) is 19.3 Å². The maximum atomic E-state index is 12.1. The van der Waals surface area contributed by atoms with Crippen LogP contribution in [-0.2, 0) is 16.0 Å². The largest absolute Gasteiger partial charge is 0.326 e. The molecule has 0 saturated carbocycles. The molecule has 0 bridgehead atoms. The summed E-state index contributed by atoms with van der Waals surface area (Å²) in [5.41, 5.74) is 2.18. The highest BCUT2D eigenvalue weighted by Crippen LogP contribution is 2.27. The molecule has 7 heteroatoms. The highest BCUT2D eigenvalue weighted by molar-refractivity contribution is 5.96. The van der Waals surface area contributed by atoms with E-state index in [0.29, 0.717) is 18.5 Å². The second kappa shape index (κ2) is 7.12. The minimum atomic E-state index is -0.514. The van der Waals surface area contributed by atoms with Gasteiger partial charge in [-0.1, -0.05) is 24.3 Å². The molecule has 0 saturated heterocycles. The zero-order valence-corrected chi connectivity index (χ0v) is 13.4. The van der Waals surface area contributed by atoms with Gasteiger partial charge in [0.2, 0.25) is 11.8 Å². The van der Waals surface area contributed by atoms with E-state index in [9.17, 15) is 19.7 Å². The van der Waals surface area contributed by atoms with E-state index in [4.69, 9.17) is 0 Å². The van der Waals surface area contributed by atoms with Crippen LogP contribution >= 0.6 is 0 Å². The number of nitrogens with one attached hydrogen (secondary N) is 2. The highest BCUT2D eigenvalue weighted by atomic mass is 16.6. The quantitative estimate of drug-likeness (QED) is 0.645. The number of hydrogen-bond acceptors (Lipinski definition) is 4. The average molecular weight is 339 g/mol. The van der Waals surface area contributed by atoms with Gasteiger partial charge in [-0.15, -0.1) is 0 Å². The molecule has 2 N–H and O–H groups in total. The predicted octanol–water partition coefficient (Wildman–Crippen LogP) is 3.12. The molecule has 1 aliphatic rings. The van der Waals surface area contributed by atoms with E-state index >= 15 is 0 Å². The number of anilines is 2. The summed E-state index contributed by atoms with van der Waals surface area (Å²) in [4.78, 5) is 34.4. The fourth-order valence-electron chi connectivity index (χ4n) is 2.87. The summed E-state index contributed by atoms with van der Waals surface area (Å²) >= 11 is 0. The van der Waals surface area contributed by atoms with E-state index in [0.717, 1.165) is 11.3 Å². The van der Waals surface area contributed by atoms with Crippen LogP contribution in [0.1, 0.15) is 18.4 Å². The third-order valence-electron chi connectivity index (χ3n) is 4.17. The van der Waals surface area contributed by atoms with Gasteiger partial charge in [0.05, 0.1) is 4.92 Å². The van der Waals surface area contributed by atoms with Crippen LogP contribution in [0.25, 0.3) is 0 Å². The number of nitro groups is 1. The Balaban J connectivity index is 1.57. The average Bonchev–Trinajstić information content (AvgIpc) is 2.60. The summed E-state index contributed by atoms with van der Waals surface area (Å²) in [7, 11) is 0. The third kappa shape index (κ3) is 4.00. The number of benzene rings is 2. The van der Waals surface area contributed by atoms with E-state index in [-0.39, 0.29) is 29.8 Å². The number of non-ortho nitro benzene ring substituents is 1. The molecule has 0 aromatic heterocycles. The Morgan fingerprint density at radius 1 is 1.24 bits per heavy atom. The lowest BCUT2D eigenvalue weighted by Crippen LogP contribution is -2.30. The summed E-state index contributed by atoms with van der Waals surface area (Å²) in [6, 6.07) is 13.4. The van der Waals surface area contributed by atoms with Gasteiger partial charge in [0.1, 0.15) is 0 Å². The lowest BCUT2D eigenvalue weighted by molar-refractivity contribution is -0.384. The number of nitro benzene ring substituents is 1. The number of fused-ring (bicyclic) bond motifs is 1. The standard InChI is InChI=1S/C18H17N3O4/c22-17(19-14-5-3-6-15(11-14)21(24)25)9-8-13-10-12-4-1-2-7-16(12)20-18(13)23/h1-7,11,13H,8-10H2,(H,19,22)(H,20,23). The lowest BCUT2D eigenvalue weighted by atomic mass is 9.89. The SMILES string of the molecule is O=C(CCC1Cc2ccccc2NC1=O)Nc1cccc([N+](=O)[O-])c1. The van der Waals surface area contributed by atoms with Crippen LogP contribution in [0, 0.1) is 16.0 Å². The Kier molecular flexibility index (Phi) is 4.74. The summed E-state index contributed by atoms with van der Waals surface area (Å²) in [5.74, 6) is -0.611. The maximum absolute atomic E-state index is 12.1. The first-order valence-corrected chi connectivity index (χ1v) is 7.96. The summed E-state index contributed by atoms with van der Waals surface area (Å²) < 4.78 is 0. The second-order valence-corrected chi connectivity index (χ2v) is 5.94. The van der Waals surface area contributed by atoms with E-state index in [1.165, 1.54) is 18.2 Å². The first kappa shape index (κ1) is 16.6. The molecular formula is C18H17N3O4. The van der Waals surface area contributed by atoms with Crippen molar-refractivity contribution in [2.24, 2.45) is 5.92 Å². The van der Waals surface area contributed by atoms with Crippen molar-refractivity contribution in [1.82, 2.24) is 0 Å². The minimum absolute atomic E-state index is 0.0816. The monoisotopic (exact) mass is 339 g/mol. The van der Waals surface area contributed by atoms with Gasteiger partial charge in [0.25, 0.3) is 5.69 Å². The van der Waals surface area contributed by atoms with E-state index in [1.54, 1.807) is 6.07 Å². The minimum Gasteiger partial charge on any atom is -0.326 e. The zero-order chi connectivity index (χ0) is 17.8. The topological polar surface area (TPSA) is 101 Å². The Bertz CT molecular complexity index is 835. The van der Waals surface area contributed by atoms with Crippen LogP contribution < -0.4 is 10.6 Å². The van der Waals surface area contributed by atoms with E-state index in [1.807, 2.05) is 24.3 Å². The Morgan fingerprint density at radius 3 is 2.84 bits per heavy atom. The van der Waals surface area contributed by atoms with Gasteiger partial charge in [0.15, 0.2) is 0 Å². The van der Waals surface area contributed by atoms with Crippen LogP contribution in [0.4, 0.5) is 17.1 Å². The Hall–Kier alpha value is -3.22. The number of hydrogen-bond donors (Lipinski definition) is 2. The van der Waals surface area contributed by atoms with Crippen LogP contribution in [0.3, 0.4) is 0 Å². The molecule has 1 heterocycles. The molecular weight excluding hydrogens is 322 g/mol. The molecule has 1 atom stereocenters. The molecule has 7 nitrogen and oxygen atoms in total. The molecule has 0 aliphatic carbocycles. The zero-order valence-electron chi connectivity index (χ0n) is 13.4. The molecule has 25 heavy (non-hydrogen) atoms. The molecule has 1 aliphatic heterocycles. The van der Waals surface area contributed by atoms with Crippen LogP contribution in [-0.4, -0.2) is 16.7 Å².